The quantitative estimate of drug-likeness (QED) is 0.543. The van der Waals surface area contributed by atoms with Gasteiger partial charge in [0.2, 0.25) is 11.8 Å². The van der Waals surface area contributed by atoms with Crippen molar-refractivity contribution in [1.82, 2.24) is 0 Å². The van der Waals surface area contributed by atoms with Gasteiger partial charge in [-0.25, -0.2) is 0 Å². The molecule has 130 valence electrons. The fourth-order valence-electron chi connectivity index (χ4n) is 1.70. The van der Waals surface area contributed by atoms with Crippen molar-refractivity contribution in [3.05, 3.63) is 22.7 Å². The molecular formula is C15H19ClN4O4. The zero-order valence-corrected chi connectivity index (χ0v) is 14.2. The van der Waals surface area contributed by atoms with E-state index in [1.807, 2.05) is 0 Å². The van der Waals surface area contributed by atoms with Crippen LogP contribution in [0.3, 0.4) is 0 Å². The molecule has 0 fully saturated rings. The van der Waals surface area contributed by atoms with E-state index in [2.05, 4.69) is 10.6 Å². The Balaban J connectivity index is 2.98. The Morgan fingerprint density at radius 3 is 1.75 bits per heavy atom. The van der Waals surface area contributed by atoms with Crippen LogP contribution in [0.15, 0.2) is 12.1 Å². The second kappa shape index (κ2) is 8.00. The Morgan fingerprint density at radius 1 is 0.917 bits per heavy atom. The molecule has 0 saturated heterocycles. The number of hydrogen-bond acceptors (Lipinski definition) is 6. The molecule has 0 radical (unpaired) electrons. The van der Waals surface area contributed by atoms with Crippen LogP contribution in [0.2, 0.25) is 5.02 Å². The van der Waals surface area contributed by atoms with Crippen LogP contribution >= 0.6 is 11.6 Å². The number of rotatable bonds is 6. The largest absolute Gasteiger partial charge is 0.324 e. The maximum absolute atomic E-state index is 11.8. The minimum Gasteiger partial charge on any atom is -0.324 e. The van der Waals surface area contributed by atoms with Gasteiger partial charge in [-0.3, -0.25) is 19.2 Å². The Labute approximate surface area is 143 Å². The molecule has 0 bridgehead atoms. The van der Waals surface area contributed by atoms with E-state index < -0.39 is 35.5 Å². The van der Waals surface area contributed by atoms with Gasteiger partial charge in [0, 0.05) is 5.69 Å². The van der Waals surface area contributed by atoms with E-state index in [9.17, 15) is 19.2 Å². The average Bonchev–Trinajstić information content (AvgIpc) is 2.49. The van der Waals surface area contributed by atoms with Gasteiger partial charge >= 0.3 is 0 Å². The number of nitrogens with one attached hydrogen (secondary N) is 2. The maximum atomic E-state index is 11.8. The van der Waals surface area contributed by atoms with Crippen LogP contribution < -0.4 is 22.1 Å². The van der Waals surface area contributed by atoms with Gasteiger partial charge < -0.3 is 22.1 Å². The van der Waals surface area contributed by atoms with Crippen molar-refractivity contribution in [2.24, 2.45) is 11.5 Å². The number of aryl methyl sites for hydroxylation is 1. The van der Waals surface area contributed by atoms with Crippen molar-refractivity contribution in [2.75, 3.05) is 10.6 Å². The number of benzene rings is 1. The summed E-state index contributed by atoms with van der Waals surface area (Å²) in [5, 5.41) is 5.06. The molecule has 0 aliphatic rings. The first-order valence-electron chi connectivity index (χ1n) is 6.98. The highest BCUT2D eigenvalue weighted by Crippen LogP contribution is 2.29. The predicted molar refractivity (Wildman–Crippen MR) is 90.8 cm³/mol. The lowest BCUT2D eigenvalue weighted by atomic mass is 10.1. The van der Waals surface area contributed by atoms with E-state index in [4.69, 9.17) is 23.1 Å². The third-order valence-corrected chi connectivity index (χ3v) is 3.58. The predicted octanol–water partition coefficient (Wildman–Crippen LogP) is 0.358. The summed E-state index contributed by atoms with van der Waals surface area (Å²) in [5.41, 5.74) is 12.1. The lowest BCUT2D eigenvalue weighted by Crippen LogP contribution is -2.41. The van der Waals surface area contributed by atoms with E-state index >= 15 is 0 Å². The molecule has 0 saturated carbocycles. The molecule has 24 heavy (non-hydrogen) atoms. The highest BCUT2D eigenvalue weighted by atomic mass is 35.5. The number of ketones is 2. The zero-order valence-electron chi connectivity index (χ0n) is 13.5. The third-order valence-electron chi connectivity index (χ3n) is 3.27. The molecular weight excluding hydrogens is 336 g/mol. The lowest BCUT2D eigenvalue weighted by Gasteiger charge is -2.15. The molecule has 0 aromatic heterocycles. The van der Waals surface area contributed by atoms with Gasteiger partial charge in [-0.05, 0) is 38.5 Å². The number of halogens is 1. The number of nitrogens with two attached hydrogens (primary N) is 2. The molecule has 0 aliphatic carbocycles. The molecule has 1 rings (SSSR count). The molecule has 6 N–H and O–H groups in total. The van der Waals surface area contributed by atoms with Crippen LogP contribution in [0.1, 0.15) is 19.4 Å². The van der Waals surface area contributed by atoms with Crippen molar-refractivity contribution >= 4 is 46.4 Å². The van der Waals surface area contributed by atoms with Crippen LogP contribution in [0, 0.1) is 6.92 Å². The highest BCUT2D eigenvalue weighted by Gasteiger charge is 2.21. The Bertz CT molecular complexity index is 645. The van der Waals surface area contributed by atoms with Gasteiger partial charge in [0.1, 0.15) is 12.1 Å². The molecule has 9 heteroatoms. The summed E-state index contributed by atoms with van der Waals surface area (Å²) >= 11 is 6.07. The van der Waals surface area contributed by atoms with E-state index in [0.717, 1.165) is 0 Å². The monoisotopic (exact) mass is 354 g/mol. The number of amides is 2. The minimum absolute atomic E-state index is 0.122. The number of hydrogen-bond donors (Lipinski definition) is 4. The third kappa shape index (κ3) is 4.85. The number of carbonyl (C=O) groups is 4. The topological polar surface area (TPSA) is 144 Å². The zero-order chi connectivity index (χ0) is 18.6. The standard InChI is InChI=1S/C15H19ClN4O4/c1-6-4-11(20-15(24)13(18)8(3)22)9(16)5-10(6)19-14(23)12(17)7(2)21/h4-5,12-13H,17-18H2,1-3H3,(H,19,23)(H,20,24). The van der Waals surface area contributed by atoms with Gasteiger partial charge in [0.15, 0.2) is 11.6 Å². The fourth-order valence-corrected chi connectivity index (χ4v) is 1.91. The lowest BCUT2D eigenvalue weighted by molar-refractivity contribution is -0.127. The molecule has 1 aromatic carbocycles. The first-order chi connectivity index (χ1) is 11.0. The first-order valence-corrected chi connectivity index (χ1v) is 7.36. The summed E-state index contributed by atoms with van der Waals surface area (Å²) < 4.78 is 0. The van der Waals surface area contributed by atoms with Gasteiger partial charge in [-0.15, -0.1) is 0 Å². The number of anilines is 2. The molecule has 1 aromatic rings. The highest BCUT2D eigenvalue weighted by molar-refractivity contribution is 6.34. The summed E-state index contributed by atoms with van der Waals surface area (Å²) in [6.45, 7) is 4.07. The van der Waals surface area contributed by atoms with E-state index in [1.165, 1.54) is 26.0 Å². The molecule has 8 nitrogen and oxygen atoms in total. The van der Waals surface area contributed by atoms with Crippen molar-refractivity contribution < 1.29 is 19.2 Å². The van der Waals surface area contributed by atoms with E-state index in [1.54, 1.807) is 6.92 Å². The first kappa shape index (κ1) is 19.8. The Kier molecular flexibility index (Phi) is 6.59. The summed E-state index contributed by atoms with van der Waals surface area (Å²) in [5.74, 6) is -2.32. The van der Waals surface area contributed by atoms with Crippen molar-refractivity contribution in [3.8, 4) is 0 Å². The maximum Gasteiger partial charge on any atom is 0.249 e. The van der Waals surface area contributed by atoms with Crippen LogP contribution in [0.4, 0.5) is 11.4 Å². The van der Waals surface area contributed by atoms with Crippen LogP contribution in [-0.2, 0) is 19.2 Å². The second-order valence-corrected chi connectivity index (χ2v) is 5.71. The minimum atomic E-state index is -1.30. The van der Waals surface area contributed by atoms with Crippen molar-refractivity contribution in [3.63, 3.8) is 0 Å². The van der Waals surface area contributed by atoms with Crippen molar-refractivity contribution in [1.29, 1.82) is 0 Å². The second-order valence-electron chi connectivity index (χ2n) is 5.30. The van der Waals surface area contributed by atoms with Gasteiger partial charge in [-0.2, -0.15) is 0 Å². The molecule has 0 aliphatic heterocycles. The molecule has 0 heterocycles. The molecule has 2 atom stereocenters. The Hall–Kier alpha value is -2.29. The number of Topliss-reactive ketones (excluding diaryl/α,β-unsaturated/α-hetero) is 2. The van der Waals surface area contributed by atoms with E-state index in [-0.39, 0.29) is 10.7 Å². The fraction of sp³-hybridized carbons (Fsp3) is 0.333. The van der Waals surface area contributed by atoms with Gasteiger partial charge in [-0.1, -0.05) is 11.6 Å². The summed E-state index contributed by atoms with van der Waals surface area (Å²) in [6, 6.07) is 0.323. The Morgan fingerprint density at radius 2 is 1.33 bits per heavy atom. The van der Waals surface area contributed by atoms with Gasteiger partial charge in [0.05, 0.1) is 10.7 Å². The molecule has 2 amide bonds. The van der Waals surface area contributed by atoms with Crippen LogP contribution in [-0.4, -0.2) is 35.5 Å². The van der Waals surface area contributed by atoms with Crippen LogP contribution in [0.25, 0.3) is 0 Å². The molecule has 2 unspecified atom stereocenters. The summed E-state index contributed by atoms with van der Waals surface area (Å²) in [7, 11) is 0. The number of carbonyl (C=O) groups excluding carboxylic acids is 4. The van der Waals surface area contributed by atoms with E-state index in [0.29, 0.717) is 11.3 Å². The summed E-state index contributed by atoms with van der Waals surface area (Å²) in [6.07, 6.45) is 0. The smallest absolute Gasteiger partial charge is 0.249 e. The average molecular weight is 355 g/mol. The molecule has 0 spiro atoms. The summed E-state index contributed by atoms with van der Waals surface area (Å²) in [4.78, 5) is 45.9. The van der Waals surface area contributed by atoms with Crippen LogP contribution in [0.5, 0.6) is 0 Å². The van der Waals surface area contributed by atoms with Gasteiger partial charge in [0.25, 0.3) is 0 Å². The van der Waals surface area contributed by atoms with Crippen molar-refractivity contribution in [2.45, 2.75) is 32.9 Å². The SMILES string of the molecule is CC(=O)C(N)C(=O)Nc1cc(Cl)c(NC(=O)C(N)C(C)=O)cc1C. The normalized spacial score (nSPS) is 12.9.